The first-order chi connectivity index (χ1) is 5.72. The van der Waals surface area contributed by atoms with Crippen LogP contribution in [0.15, 0.2) is 29.2 Å². The molecular formula is C9H14N2S. The minimum absolute atomic E-state index is 0.466. The van der Waals surface area contributed by atoms with Crippen LogP contribution in [-0.4, -0.2) is 11.8 Å². The third-order valence-corrected chi connectivity index (χ3v) is 2.69. The SMILES string of the molecule is CC(CN)Sc1ccc(N)cc1. The summed E-state index contributed by atoms with van der Waals surface area (Å²) in [4.78, 5) is 1.22. The van der Waals surface area contributed by atoms with Crippen molar-refractivity contribution in [2.24, 2.45) is 5.73 Å². The molecule has 12 heavy (non-hydrogen) atoms. The van der Waals surface area contributed by atoms with Crippen molar-refractivity contribution < 1.29 is 0 Å². The van der Waals surface area contributed by atoms with Gasteiger partial charge in [-0.25, -0.2) is 0 Å². The Morgan fingerprint density at radius 1 is 1.33 bits per heavy atom. The third-order valence-electron chi connectivity index (χ3n) is 1.55. The fourth-order valence-corrected chi connectivity index (χ4v) is 1.68. The molecule has 1 atom stereocenters. The Balaban J connectivity index is 2.58. The van der Waals surface area contributed by atoms with Crippen molar-refractivity contribution in [3.05, 3.63) is 24.3 Å². The first-order valence-electron chi connectivity index (χ1n) is 3.94. The topological polar surface area (TPSA) is 52.0 Å². The molecule has 1 aromatic carbocycles. The maximum absolute atomic E-state index is 5.56. The summed E-state index contributed by atoms with van der Waals surface area (Å²) in [5.41, 5.74) is 11.9. The standard InChI is InChI=1S/C9H14N2S/c1-7(6-10)12-9-4-2-8(11)3-5-9/h2-5,7H,6,10-11H2,1H3. The van der Waals surface area contributed by atoms with E-state index in [9.17, 15) is 0 Å². The van der Waals surface area contributed by atoms with E-state index in [2.05, 4.69) is 6.92 Å². The molecule has 4 N–H and O–H groups in total. The van der Waals surface area contributed by atoms with E-state index in [1.165, 1.54) is 4.90 Å². The van der Waals surface area contributed by atoms with Gasteiger partial charge in [-0.15, -0.1) is 11.8 Å². The van der Waals surface area contributed by atoms with Gasteiger partial charge in [-0.05, 0) is 24.3 Å². The van der Waals surface area contributed by atoms with E-state index in [4.69, 9.17) is 11.5 Å². The van der Waals surface area contributed by atoms with E-state index in [1.807, 2.05) is 24.3 Å². The molecule has 0 aliphatic rings. The average molecular weight is 182 g/mol. The van der Waals surface area contributed by atoms with Gasteiger partial charge in [-0.1, -0.05) is 6.92 Å². The molecule has 0 bridgehead atoms. The van der Waals surface area contributed by atoms with Crippen LogP contribution in [0, 0.1) is 0 Å². The van der Waals surface area contributed by atoms with E-state index in [1.54, 1.807) is 11.8 Å². The molecule has 0 spiro atoms. The van der Waals surface area contributed by atoms with E-state index in [0.717, 1.165) is 5.69 Å². The van der Waals surface area contributed by atoms with Crippen molar-refractivity contribution in [2.45, 2.75) is 17.1 Å². The minimum atomic E-state index is 0.466. The molecule has 0 saturated heterocycles. The molecule has 1 unspecified atom stereocenters. The van der Waals surface area contributed by atoms with Gasteiger partial charge in [0.25, 0.3) is 0 Å². The van der Waals surface area contributed by atoms with Crippen molar-refractivity contribution >= 4 is 17.4 Å². The minimum Gasteiger partial charge on any atom is -0.399 e. The first-order valence-corrected chi connectivity index (χ1v) is 4.82. The van der Waals surface area contributed by atoms with Crippen LogP contribution in [0.2, 0.25) is 0 Å². The van der Waals surface area contributed by atoms with Crippen molar-refractivity contribution in [1.29, 1.82) is 0 Å². The summed E-state index contributed by atoms with van der Waals surface area (Å²) in [6.45, 7) is 2.82. The van der Waals surface area contributed by atoms with Crippen molar-refractivity contribution in [1.82, 2.24) is 0 Å². The molecule has 3 heteroatoms. The molecule has 0 radical (unpaired) electrons. The van der Waals surface area contributed by atoms with E-state index in [0.29, 0.717) is 11.8 Å². The number of nitrogens with two attached hydrogens (primary N) is 2. The van der Waals surface area contributed by atoms with Crippen LogP contribution in [0.4, 0.5) is 5.69 Å². The number of hydrogen-bond donors (Lipinski definition) is 2. The Morgan fingerprint density at radius 3 is 2.42 bits per heavy atom. The highest BCUT2D eigenvalue weighted by molar-refractivity contribution is 8.00. The summed E-state index contributed by atoms with van der Waals surface area (Å²) >= 11 is 1.77. The van der Waals surface area contributed by atoms with Crippen LogP contribution in [0.5, 0.6) is 0 Å². The molecule has 0 aromatic heterocycles. The Labute approximate surface area is 77.3 Å². The van der Waals surface area contributed by atoms with Crippen LogP contribution in [-0.2, 0) is 0 Å². The van der Waals surface area contributed by atoms with E-state index in [-0.39, 0.29) is 0 Å². The van der Waals surface area contributed by atoms with Gasteiger partial charge in [0.2, 0.25) is 0 Å². The third kappa shape index (κ3) is 2.75. The summed E-state index contributed by atoms with van der Waals surface area (Å²) in [5, 5.41) is 0.466. The lowest BCUT2D eigenvalue weighted by molar-refractivity contribution is 0.951. The van der Waals surface area contributed by atoms with Crippen LogP contribution in [0.1, 0.15) is 6.92 Å². The second-order valence-corrected chi connectivity index (χ2v) is 4.25. The van der Waals surface area contributed by atoms with Crippen molar-refractivity contribution in [2.75, 3.05) is 12.3 Å². The normalized spacial score (nSPS) is 12.8. The fourth-order valence-electron chi connectivity index (χ4n) is 0.827. The summed E-state index contributed by atoms with van der Waals surface area (Å²) in [6, 6.07) is 7.86. The number of hydrogen-bond acceptors (Lipinski definition) is 3. The van der Waals surface area contributed by atoms with E-state index >= 15 is 0 Å². The van der Waals surface area contributed by atoms with Crippen LogP contribution >= 0.6 is 11.8 Å². The fraction of sp³-hybridized carbons (Fsp3) is 0.333. The van der Waals surface area contributed by atoms with Gasteiger partial charge in [-0.2, -0.15) is 0 Å². The van der Waals surface area contributed by atoms with Crippen LogP contribution < -0.4 is 11.5 Å². The lowest BCUT2D eigenvalue weighted by atomic mass is 10.3. The van der Waals surface area contributed by atoms with Crippen molar-refractivity contribution in [3.8, 4) is 0 Å². The van der Waals surface area contributed by atoms with Gasteiger partial charge < -0.3 is 11.5 Å². The average Bonchev–Trinajstić information content (AvgIpc) is 2.09. The molecule has 0 aliphatic carbocycles. The van der Waals surface area contributed by atoms with Crippen LogP contribution in [0.3, 0.4) is 0 Å². The maximum Gasteiger partial charge on any atom is 0.0314 e. The van der Waals surface area contributed by atoms with Gasteiger partial charge in [-0.3, -0.25) is 0 Å². The van der Waals surface area contributed by atoms with E-state index < -0.39 is 0 Å². The second kappa shape index (κ2) is 4.38. The summed E-state index contributed by atoms with van der Waals surface area (Å²) in [7, 11) is 0. The predicted molar refractivity (Wildman–Crippen MR) is 55.2 cm³/mol. The zero-order valence-electron chi connectivity index (χ0n) is 7.16. The monoisotopic (exact) mass is 182 g/mol. The Kier molecular flexibility index (Phi) is 3.44. The highest BCUT2D eigenvalue weighted by atomic mass is 32.2. The molecule has 1 aromatic rings. The van der Waals surface area contributed by atoms with Gasteiger partial charge >= 0.3 is 0 Å². The molecule has 66 valence electrons. The molecule has 0 amide bonds. The first kappa shape index (κ1) is 9.42. The zero-order valence-corrected chi connectivity index (χ0v) is 7.97. The number of anilines is 1. The lowest BCUT2D eigenvalue weighted by Gasteiger charge is -2.07. The highest BCUT2D eigenvalue weighted by Crippen LogP contribution is 2.22. The number of nitrogen functional groups attached to an aromatic ring is 1. The second-order valence-electron chi connectivity index (χ2n) is 2.73. The summed E-state index contributed by atoms with van der Waals surface area (Å²) in [6.07, 6.45) is 0. The summed E-state index contributed by atoms with van der Waals surface area (Å²) < 4.78 is 0. The quantitative estimate of drug-likeness (QED) is 0.552. The molecule has 0 saturated carbocycles. The Hall–Kier alpha value is -0.670. The maximum atomic E-state index is 5.56. The lowest BCUT2D eigenvalue weighted by Crippen LogP contribution is -2.12. The number of benzene rings is 1. The molecular weight excluding hydrogens is 168 g/mol. The molecule has 0 fully saturated rings. The highest BCUT2D eigenvalue weighted by Gasteiger charge is 2.00. The van der Waals surface area contributed by atoms with Gasteiger partial charge in [0.15, 0.2) is 0 Å². The number of thioether (sulfide) groups is 1. The van der Waals surface area contributed by atoms with Crippen molar-refractivity contribution in [3.63, 3.8) is 0 Å². The van der Waals surface area contributed by atoms with Gasteiger partial charge in [0.1, 0.15) is 0 Å². The predicted octanol–water partition coefficient (Wildman–Crippen LogP) is 1.71. The zero-order chi connectivity index (χ0) is 8.97. The molecule has 2 nitrogen and oxygen atoms in total. The summed E-state index contributed by atoms with van der Waals surface area (Å²) in [5.74, 6) is 0. The smallest absolute Gasteiger partial charge is 0.0314 e. The molecule has 0 heterocycles. The van der Waals surface area contributed by atoms with Gasteiger partial charge in [0, 0.05) is 22.4 Å². The Bertz CT molecular complexity index is 233. The van der Waals surface area contributed by atoms with Crippen LogP contribution in [0.25, 0.3) is 0 Å². The van der Waals surface area contributed by atoms with Gasteiger partial charge in [0.05, 0.1) is 0 Å². The Morgan fingerprint density at radius 2 is 1.92 bits per heavy atom. The largest absolute Gasteiger partial charge is 0.399 e. The molecule has 0 aliphatic heterocycles. The number of rotatable bonds is 3. The molecule has 1 rings (SSSR count).